The minimum Gasteiger partial charge on any atom is -0.493 e. The number of benzene rings is 2. The van der Waals surface area contributed by atoms with Gasteiger partial charge in [-0.3, -0.25) is 4.79 Å². The summed E-state index contributed by atoms with van der Waals surface area (Å²) in [4.78, 5) is 21.9. The number of aryl methyl sites for hydroxylation is 2. The Morgan fingerprint density at radius 2 is 1.91 bits per heavy atom. The van der Waals surface area contributed by atoms with Crippen LogP contribution in [0.2, 0.25) is 0 Å². The molecule has 1 amide bonds. The number of methoxy groups -OCH3 is 2. The standard InChI is InChI=1S/C27H33N3O4S/c1-18-7-6-8-22(13-18)30-12-11-29(15-19(30)2)26(31)17-35-16-23-20(3)34-27(28-23)21-9-10-24(32-4)25(14-21)33-5/h6-10,13-14,19H,11-12,15-17H2,1-5H3/t19-/m1/s1. The monoisotopic (exact) mass is 495 g/mol. The number of nitrogens with zero attached hydrogens (tertiary/aromatic N) is 3. The number of piperazine rings is 1. The molecule has 0 N–H and O–H groups in total. The first-order chi connectivity index (χ1) is 16.9. The first-order valence-corrected chi connectivity index (χ1v) is 12.9. The summed E-state index contributed by atoms with van der Waals surface area (Å²) in [5, 5.41) is 0. The Balaban J connectivity index is 1.31. The van der Waals surface area contributed by atoms with Gasteiger partial charge in [0.25, 0.3) is 0 Å². The van der Waals surface area contributed by atoms with Gasteiger partial charge in [-0.1, -0.05) is 12.1 Å². The van der Waals surface area contributed by atoms with Crippen molar-refractivity contribution in [2.45, 2.75) is 32.6 Å². The van der Waals surface area contributed by atoms with Crippen LogP contribution in [-0.4, -0.2) is 61.4 Å². The van der Waals surface area contributed by atoms with Gasteiger partial charge >= 0.3 is 0 Å². The molecule has 186 valence electrons. The van der Waals surface area contributed by atoms with E-state index in [2.05, 4.69) is 48.0 Å². The molecule has 1 fully saturated rings. The summed E-state index contributed by atoms with van der Waals surface area (Å²) in [5.74, 6) is 3.79. The molecular weight excluding hydrogens is 462 g/mol. The molecule has 35 heavy (non-hydrogen) atoms. The van der Waals surface area contributed by atoms with E-state index in [1.54, 1.807) is 26.0 Å². The number of anilines is 1. The SMILES string of the molecule is COc1ccc(-c2nc(CSCC(=O)N3CCN(c4cccc(C)c4)[C@H](C)C3)c(C)o2)cc1OC. The maximum atomic E-state index is 12.9. The normalized spacial score (nSPS) is 15.9. The van der Waals surface area contributed by atoms with E-state index in [9.17, 15) is 4.79 Å². The van der Waals surface area contributed by atoms with Crippen LogP contribution in [0.5, 0.6) is 11.5 Å². The Morgan fingerprint density at radius 1 is 1.11 bits per heavy atom. The smallest absolute Gasteiger partial charge is 0.232 e. The van der Waals surface area contributed by atoms with Crippen LogP contribution in [0.1, 0.15) is 23.9 Å². The summed E-state index contributed by atoms with van der Waals surface area (Å²) in [6, 6.07) is 14.4. The number of thioether (sulfide) groups is 1. The first kappa shape index (κ1) is 25.0. The first-order valence-electron chi connectivity index (χ1n) is 11.8. The Morgan fingerprint density at radius 3 is 2.63 bits per heavy atom. The van der Waals surface area contributed by atoms with E-state index in [-0.39, 0.29) is 11.9 Å². The number of rotatable bonds is 8. The topological polar surface area (TPSA) is 68.0 Å². The maximum Gasteiger partial charge on any atom is 0.232 e. The fourth-order valence-corrected chi connectivity index (χ4v) is 5.28. The highest BCUT2D eigenvalue weighted by Gasteiger charge is 2.27. The molecule has 8 heteroatoms. The van der Waals surface area contributed by atoms with Gasteiger partial charge in [0.15, 0.2) is 11.5 Å². The van der Waals surface area contributed by atoms with Crippen LogP contribution in [-0.2, 0) is 10.5 Å². The van der Waals surface area contributed by atoms with Gasteiger partial charge in [-0.2, -0.15) is 0 Å². The minimum absolute atomic E-state index is 0.173. The number of amides is 1. The predicted octanol–water partition coefficient (Wildman–Crippen LogP) is 4.95. The Kier molecular flexibility index (Phi) is 7.90. The molecule has 2 heterocycles. The average Bonchev–Trinajstić information content (AvgIpc) is 3.23. The van der Waals surface area contributed by atoms with E-state index in [4.69, 9.17) is 13.9 Å². The molecule has 0 aliphatic carbocycles. The van der Waals surface area contributed by atoms with Crippen molar-refractivity contribution < 1.29 is 18.7 Å². The lowest BCUT2D eigenvalue weighted by atomic mass is 10.1. The van der Waals surface area contributed by atoms with E-state index in [1.807, 2.05) is 30.0 Å². The van der Waals surface area contributed by atoms with Gasteiger partial charge in [0.1, 0.15) is 5.76 Å². The van der Waals surface area contributed by atoms with Crippen molar-refractivity contribution in [1.29, 1.82) is 0 Å². The highest BCUT2D eigenvalue weighted by Crippen LogP contribution is 2.33. The third-order valence-corrected chi connectivity index (χ3v) is 7.23. The molecule has 0 saturated carbocycles. The van der Waals surface area contributed by atoms with Gasteiger partial charge in [0.05, 0.1) is 25.7 Å². The predicted molar refractivity (Wildman–Crippen MR) is 141 cm³/mol. The molecule has 1 aromatic heterocycles. The molecule has 1 aliphatic heterocycles. The third kappa shape index (κ3) is 5.75. The van der Waals surface area contributed by atoms with E-state index in [0.717, 1.165) is 36.7 Å². The van der Waals surface area contributed by atoms with Gasteiger partial charge in [-0.05, 0) is 56.7 Å². The van der Waals surface area contributed by atoms with Crippen molar-refractivity contribution >= 4 is 23.4 Å². The van der Waals surface area contributed by atoms with Crippen molar-refractivity contribution in [3.05, 3.63) is 59.5 Å². The van der Waals surface area contributed by atoms with Crippen LogP contribution in [0.3, 0.4) is 0 Å². The highest BCUT2D eigenvalue weighted by molar-refractivity contribution is 7.99. The average molecular weight is 496 g/mol. The lowest BCUT2D eigenvalue weighted by molar-refractivity contribution is -0.129. The van der Waals surface area contributed by atoms with E-state index < -0.39 is 0 Å². The second-order valence-corrected chi connectivity index (χ2v) is 9.79. The summed E-state index contributed by atoms with van der Waals surface area (Å²) in [5.41, 5.74) is 4.15. The quantitative estimate of drug-likeness (QED) is 0.438. The number of carbonyl (C=O) groups is 1. The van der Waals surface area contributed by atoms with Gasteiger partial charge < -0.3 is 23.7 Å². The second-order valence-electron chi connectivity index (χ2n) is 8.81. The Hall–Kier alpha value is -3.13. The van der Waals surface area contributed by atoms with E-state index in [1.165, 1.54) is 11.3 Å². The van der Waals surface area contributed by atoms with Gasteiger partial charge in [0, 0.05) is 42.7 Å². The van der Waals surface area contributed by atoms with Gasteiger partial charge in [-0.15, -0.1) is 11.8 Å². The van der Waals surface area contributed by atoms with Crippen LogP contribution >= 0.6 is 11.8 Å². The summed E-state index contributed by atoms with van der Waals surface area (Å²) in [6.45, 7) is 8.52. The molecule has 0 radical (unpaired) electrons. The van der Waals surface area contributed by atoms with Crippen molar-refractivity contribution in [3.8, 4) is 23.0 Å². The van der Waals surface area contributed by atoms with Crippen LogP contribution in [0.4, 0.5) is 5.69 Å². The Labute approximate surface area is 211 Å². The summed E-state index contributed by atoms with van der Waals surface area (Å²) in [6.07, 6.45) is 0. The fourth-order valence-electron chi connectivity index (χ4n) is 4.36. The Bertz CT molecular complexity index is 1180. The number of carbonyl (C=O) groups excluding carboxylic acids is 1. The number of oxazole rings is 1. The molecule has 1 saturated heterocycles. The van der Waals surface area contributed by atoms with Gasteiger partial charge in [0.2, 0.25) is 11.8 Å². The molecule has 0 unspecified atom stereocenters. The maximum absolute atomic E-state index is 12.9. The molecule has 7 nitrogen and oxygen atoms in total. The molecule has 3 aromatic rings. The van der Waals surface area contributed by atoms with Crippen LogP contribution in [0.25, 0.3) is 11.5 Å². The molecular formula is C27H33N3O4S. The van der Waals surface area contributed by atoms with E-state index in [0.29, 0.717) is 28.9 Å². The molecule has 1 atom stereocenters. The van der Waals surface area contributed by atoms with E-state index >= 15 is 0 Å². The van der Waals surface area contributed by atoms with Gasteiger partial charge in [-0.25, -0.2) is 4.98 Å². The zero-order chi connectivity index (χ0) is 24.9. The lowest BCUT2D eigenvalue weighted by Gasteiger charge is -2.41. The molecule has 4 rings (SSSR count). The fraction of sp³-hybridized carbons (Fsp3) is 0.407. The van der Waals surface area contributed by atoms with Crippen molar-refractivity contribution in [2.24, 2.45) is 0 Å². The summed E-state index contributed by atoms with van der Waals surface area (Å²) in [7, 11) is 3.21. The van der Waals surface area contributed by atoms with Crippen LogP contribution in [0.15, 0.2) is 46.9 Å². The van der Waals surface area contributed by atoms with Crippen LogP contribution < -0.4 is 14.4 Å². The van der Waals surface area contributed by atoms with Crippen molar-refractivity contribution in [1.82, 2.24) is 9.88 Å². The molecule has 1 aliphatic rings. The minimum atomic E-state index is 0.173. The zero-order valence-corrected chi connectivity index (χ0v) is 21.9. The summed E-state index contributed by atoms with van der Waals surface area (Å²) < 4.78 is 16.6. The molecule has 0 bridgehead atoms. The number of ether oxygens (including phenoxy) is 2. The lowest BCUT2D eigenvalue weighted by Crippen LogP contribution is -2.54. The number of hydrogen-bond acceptors (Lipinski definition) is 7. The zero-order valence-electron chi connectivity index (χ0n) is 21.0. The molecule has 2 aromatic carbocycles. The number of hydrogen-bond donors (Lipinski definition) is 0. The van der Waals surface area contributed by atoms with Crippen molar-refractivity contribution in [3.63, 3.8) is 0 Å². The highest BCUT2D eigenvalue weighted by atomic mass is 32.2. The van der Waals surface area contributed by atoms with Crippen molar-refractivity contribution in [2.75, 3.05) is 44.5 Å². The molecule has 0 spiro atoms. The largest absolute Gasteiger partial charge is 0.493 e. The second kappa shape index (κ2) is 11.1. The number of aromatic nitrogens is 1. The third-order valence-electron chi connectivity index (χ3n) is 6.30. The summed E-state index contributed by atoms with van der Waals surface area (Å²) >= 11 is 1.57. The van der Waals surface area contributed by atoms with Crippen LogP contribution in [0, 0.1) is 13.8 Å².